The van der Waals surface area contributed by atoms with Gasteiger partial charge in [-0.25, -0.2) is 14.4 Å². The lowest BCUT2D eigenvalue weighted by Gasteiger charge is -2.33. The van der Waals surface area contributed by atoms with E-state index in [1.807, 2.05) is 28.8 Å². The van der Waals surface area contributed by atoms with Crippen LogP contribution in [0.25, 0.3) is 22.6 Å². The monoisotopic (exact) mass is 674 g/mol. The number of imidazole rings is 1. The maximum atomic E-state index is 15.0. The summed E-state index contributed by atoms with van der Waals surface area (Å²) in [4.78, 5) is 14.0. The maximum absolute atomic E-state index is 15.0. The molecular weight excluding hydrogens is 644 g/mol. The van der Waals surface area contributed by atoms with Crippen molar-refractivity contribution in [3.05, 3.63) is 82.8 Å². The van der Waals surface area contributed by atoms with Crippen LogP contribution in [0.1, 0.15) is 60.4 Å². The maximum Gasteiger partial charge on any atom is 0.451 e. The summed E-state index contributed by atoms with van der Waals surface area (Å²) in [5.74, 6) is -1.03. The number of H-pyrrole nitrogens is 1. The van der Waals surface area contributed by atoms with Gasteiger partial charge in [-0.15, -0.1) is 10.2 Å². The number of hydrogen-bond acceptors (Lipinski definition) is 9. The van der Waals surface area contributed by atoms with Crippen molar-refractivity contribution >= 4 is 11.2 Å². The van der Waals surface area contributed by atoms with Gasteiger partial charge in [-0.2, -0.15) is 18.4 Å². The standard InChI is InChI=1S/C34H30F4N8O3/c1-33(24-6-5-19(15-39)13-25(24)35)48-27-4-2-3-23(29(27)49-33)20-7-10-45(11-8-20)18-28-41-26-14-21(30-42-32(44-43-30)34(36,37)38)16-40-31(26)46(28)17-22-9-12-47-22/h2-6,13-14,16,20,22H,7-12,17-18H2,1H3,(H,42,43,44)/t22-,33?/m0/s1. The van der Waals surface area contributed by atoms with E-state index in [4.69, 9.17) is 24.5 Å². The number of piperidine rings is 1. The number of likely N-dealkylation sites (tertiary alicyclic amines) is 1. The first-order chi connectivity index (χ1) is 23.6. The van der Waals surface area contributed by atoms with E-state index in [-0.39, 0.29) is 29.0 Å². The van der Waals surface area contributed by atoms with E-state index >= 15 is 0 Å². The van der Waals surface area contributed by atoms with Crippen molar-refractivity contribution in [2.24, 2.45) is 0 Å². The molecule has 0 amide bonds. The first-order valence-electron chi connectivity index (χ1n) is 16.0. The minimum absolute atomic E-state index is 0.0358. The third-order valence-electron chi connectivity index (χ3n) is 9.46. The van der Waals surface area contributed by atoms with Crippen molar-refractivity contribution in [2.45, 2.75) is 63.3 Å². The van der Waals surface area contributed by atoms with Crippen LogP contribution in [0, 0.1) is 17.1 Å². The van der Waals surface area contributed by atoms with Crippen LogP contribution in [0.3, 0.4) is 0 Å². The van der Waals surface area contributed by atoms with Gasteiger partial charge in [0, 0.05) is 30.9 Å². The molecule has 8 rings (SSSR count). The predicted octanol–water partition coefficient (Wildman–Crippen LogP) is 6.06. The number of nitrogens with one attached hydrogen (secondary N) is 1. The van der Waals surface area contributed by atoms with E-state index in [0.29, 0.717) is 47.9 Å². The number of pyridine rings is 1. The summed E-state index contributed by atoms with van der Waals surface area (Å²) in [6, 6.07) is 13.6. The van der Waals surface area contributed by atoms with Crippen molar-refractivity contribution < 1.29 is 31.8 Å². The molecule has 11 nitrogen and oxygen atoms in total. The van der Waals surface area contributed by atoms with Crippen LogP contribution in [0.15, 0.2) is 48.7 Å². The largest absolute Gasteiger partial charge is 0.451 e. The van der Waals surface area contributed by atoms with Gasteiger partial charge in [0.1, 0.15) is 17.2 Å². The SMILES string of the molecule is CC1(c2ccc(C#N)cc2F)Oc2cccc(C3CCN(Cc4nc5cc(-c6nnc(C(F)(F)F)[nH]6)cnc5n4C[C@@H]4CCO4)CC3)c2O1. The van der Waals surface area contributed by atoms with E-state index in [9.17, 15) is 17.6 Å². The third-order valence-corrected chi connectivity index (χ3v) is 9.46. The van der Waals surface area contributed by atoms with Gasteiger partial charge in [-0.3, -0.25) is 4.90 Å². The second-order valence-electron chi connectivity index (χ2n) is 12.7. The number of halogens is 4. The molecule has 0 radical (unpaired) electrons. The number of aromatic amines is 1. The fourth-order valence-corrected chi connectivity index (χ4v) is 6.79. The molecule has 1 unspecified atom stereocenters. The number of para-hydroxylation sites is 1. The highest BCUT2D eigenvalue weighted by atomic mass is 19.4. The number of aromatic nitrogens is 6. The molecule has 49 heavy (non-hydrogen) atoms. The Balaban J connectivity index is 0.996. The highest BCUT2D eigenvalue weighted by Gasteiger charge is 2.43. The molecule has 3 aromatic heterocycles. The normalized spacial score (nSPS) is 21.2. The number of hydrogen-bond donors (Lipinski definition) is 1. The van der Waals surface area contributed by atoms with Gasteiger partial charge in [0.15, 0.2) is 23.0 Å². The van der Waals surface area contributed by atoms with Crippen LogP contribution in [0.4, 0.5) is 17.6 Å². The number of nitrogens with zero attached hydrogens (tertiary/aromatic N) is 7. The summed E-state index contributed by atoms with van der Waals surface area (Å²) in [7, 11) is 0. The lowest BCUT2D eigenvalue weighted by Crippen LogP contribution is -2.35. The summed E-state index contributed by atoms with van der Waals surface area (Å²) >= 11 is 0. The fourth-order valence-electron chi connectivity index (χ4n) is 6.79. The second kappa shape index (κ2) is 11.8. The molecule has 0 spiro atoms. The average Bonchev–Trinajstić information content (AvgIpc) is 3.78. The highest BCUT2D eigenvalue weighted by Crippen LogP contribution is 2.49. The molecule has 3 aliphatic rings. The molecule has 2 aromatic carbocycles. The van der Waals surface area contributed by atoms with Gasteiger partial charge in [0.05, 0.1) is 36.4 Å². The number of alkyl halides is 3. The Morgan fingerprint density at radius 2 is 1.90 bits per heavy atom. The van der Waals surface area contributed by atoms with Crippen LogP contribution in [0.5, 0.6) is 11.5 Å². The lowest BCUT2D eigenvalue weighted by atomic mass is 9.88. The number of rotatable bonds is 7. The Morgan fingerprint density at radius 1 is 1.08 bits per heavy atom. The first kappa shape index (κ1) is 31.2. The van der Waals surface area contributed by atoms with E-state index in [2.05, 4.69) is 25.1 Å². The van der Waals surface area contributed by atoms with Gasteiger partial charge in [-0.05, 0) is 68.6 Å². The Bertz CT molecular complexity index is 2100. The van der Waals surface area contributed by atoms with E-state index < -0.39 is 23.6 Å². The Labute approximate surface area is 277 Å². The minimum atomic E-state index is -4.64. The van der Waals surface area contributed by atoms with Crippen molar-refractivity contribution in [1.82, 2.24) is 34.6 Å². The summed E-state index contributed by atoms with van der Waals surface area (Å²) in [5, 5.41) is 16.0. The average molecular weight is 675 g/mol. The van der Waals surface area contributed by atoms with Crippen LogP contribution in [-0.4, -0.2) is 60.4 Å². The van der Waals surface area contributed by atoms with Gasteiger partial charge in [-0.1, -0.05) is 12.1 Å². The molecule has 0 saturated carbocycles. The van der Waals surface area contributed by atoms with Crippen LogP contribution < -0.4 is 9.47 Å². The van der Waals surface area contributed by atoms with E-state index in [1.165, 1.54) is 18.3 Å². The molecule has 0 bridgehead atoms. The van der Waals surface area contributed by atoms with Gasteiger partial charge >= 0.3 is 6.18 Å². The Kier molecular flexibility index (Phi) is 7.53. The Morgan fingerprint density at radius 3 is 2.59 bits per heavy atom. The highest BCUT2D eigenvalue weighted by molar-refractivity contribution is 5.77. The van der Waals surface area contributed by atoms with Crippen LogP contribution >= 0.6 is 0 Å². The zero-order valence-electron chi connectivity index (χ0n) is 26.3. The predicted molar refractivity (Wildman–Crippen MR) is 166 cm³/mol. The van der Waals surface area contributed by atoms with Crippen LogP contribution in [-0.2, 0) is 29.8 Å². The zero-order chi connectivity index (χ0) is 33.9. The molecule has 0 aliphatic carbocycles. The molecule has 15 heteroatoms. The quantitative estimate of drug-likeness (QED) is 0.205. The molecule has 2 fully saturated rings. The Hall–Kier alpha value is -5.07. The third kappa shape index (κ3) is 5.74. The second-order valence-corrected chi connectivity index (χ2v) is 12.7. The molecule has 252 valence electrons. The molecule has 6 heterocycles. The van der Waals surface area contributed by atoms with Crippen molar-refractivity contribution in [1.29, 1.82) is 5.26 Å². The molecular formula is C34H30F4N8O3. The summed E-state index contributed by atoms with van der Waals surface area (Å²) in [6.07, 6.45) is -0.528. The van der Waals surface area contributed by atoms with Crippen molar-refractivity contribution in [3.63, 3.8) is 0 Å². The molecule has 2 saturated heterocycles. The van der Waals surface area contributed by atoms with Crippen molar-refractivity contribution in [2.75, 3.05) is 19.7 Å². The van der Waals surface area contributed by atoms with E-state index in [0.717, 1.165) is 43.7 Å². The zero-order valence-corrected chi connectivity index (χ0v) is 26.3. The topological polar surface area (TPSA) is 127 Å². The van der Waals surface area contributed by atoms with E-state index in [1.54, 1.807) is 19.1 Å². The summed E-state index contributed by atoms with van der Waals surface area (Å²) in [6.45, 7) is 5.04. The molecule has 2 atom stereocenters. The molecule has 5 aromatic rings. The summed E-state index contributed by atoms with van der Waals surface area (Å²) in [5.41, 5.74) is 2.96. The van der Waals surface area contributed by atoms with Crippen molar-refractivity contribution in [3.8, 4) is 29.0 Å². The van der Waals surface area contributed by atoms with Gasteiger partial charge < -0.3 is 23.8 Å². The number of ether oxygens (including phenoxy) is 3. The van der Waals surface area contributed by atoms with Crippen LogP contribution in [0.2, 0.25) is 0 Å². The minimum Gasteiger partial charge on any atom is -0.444 e. The number of fused-ring (bicyclic) bond motifs is 2. The number of benzene rings is 2. The number of nitriles is 1. The molecule has 1 N–H and O–H groups in total. The van der Waals surface area contributed by atoms with Gasteiger partial charge in [0.25, 0.3) is 5.79 Å². The van der Waals surface area contributed by atoms with Gasteiger partial charge in [0.2, 0.25) is 5.82 Å². The summed E-state index contributed by atoms with van der Waals surface area (Å²) < 4.78 is 74.6. The smallest absolute Gasteiger partial charge is 0.444 e. The first-order valence-corrected chi connectivity index (χ1v) is 16.0. The molecule has 3 aliphatic heterocycles. The lowest BCUT2D eigenvalue weighted by molar-refractivity contribution is -0.144. The fraction of sp³-hybridized carbons (Fsp3) is 0.382.